The molecule has 1 saturated heterocycles. The second kappa shape index (κ2) is 12.2. The number of aromatic nitrogens is 1. The lowest BCUT2D eigenvalue weighted by molar-refractivity contribution is 0.146. The van der Waals surface area contributed by atoms with Crippen LogP contribution < -0.4 is 10.6 Å². The van der Waals surface area contributed by atoms with Gasteiger partial charge in [0.2, 0.25) is 0 Å². The molecule has 0 aliphatic carbocycles. The van der Waals surface area contributed by atoms with Crippen LogP contribution in [0.5, 0.6) is 0 Å². The minimum atomic E-state index is 0. The molecule has 0 spiro atoms. The van der Waals surface area contributed by atoms with E-state index in [4.69, 9.17) is 9.40 Å². The molecule has 166 valence electrons. The number of guanidine groups is 1. The van der Waals surface area contributed by atoms with E-state index in [2.05, 4.69) is 44.1 Å². The minimum Gasteiger partial charge on any atom is -0.468 e. The fourth-order valence-corrected chi connectivity index (χ4v) is 4.57. The van der Waals surface area contributed by atoms with E-state index in [0.29, 0.717) is 6.54 Å². The second-order valence-electron chi connectivity index (χ2n) is 7.43. The number of benzene rings is 1. The van der Waals surface area contributed by atoms with Gasteiger partial charge in [-0.1, -0.05) is 36.8 Å². The third-order valence-corrected chi connectivity index (χ3v) is 6.27. The number of nitrogens with zero attached hydrogens (tertiary/aromatic N) is 3. The van der Waals surface area contributed by atoms with Gasteiger partial charge in [-0.3, -0.25) is 9.89 Å². The number of aliphatic imine (C=N–C) groups is 1. The van der Waals surface area contributed by atoms with E-state index in [1.807, 2.05) is 24.3 Å². The molecule has 1 atom stereocenters. The zero-order chi connectivity index (χ0) is 20.6. The Balaban J connectivity index is 0.00000272. The Labute approximate surface area is 205 Å². The monoisotopic (exact) mass is 551 g/mol. The Bertz CT molecular complexity index is 923. The van der Waals surface area contributed by atoms with Crippen LogP contribution in [0.4, 0.5) is 0 Å². The van der Waals surface area contributed by atoms with E-state index >= 15 is 0 Å². The first-order valence-corrected chi connectivity index (χ1v) is 11.4. The van der Waals surface area contributed by atoms with Crippen molar-refractivity contribution in [2.75, 3.05) is 26.7 Å². The Kier molecular flexibility index (Phi) is 9.35. The first kappa shape index (κ1) is 23.7. The lowest BCUT2D eigenvalue weighted by Crippen LogP contribution is -2.44. The smallest absolute Gasteiger partial charge is 0.191 e. The van der Waals surface area contributed by atoms with E-state index in [0.717, 1.165) is 47.6 Å². The maximum absolute atomic E-state index is 5.74. The molecule has 1 aromatic carbocycles. The number of hydrogen-bond acceptors (Lipinski definition) is 5. The molecule has 0 amide bonds. The van der Waals surface area contributed by atoms with Crippen LogP contribution in [0.2, 0.25) is 0 Å². The summed E-state index contributed by atoms with van der Waals surface area (Å²) in [6, 6.07) is 14.5. The van der Waals surface area contributed by atoms with Gasteiger partial charge in [0, 0.05) is 24.5 Å². The van der Waals surface area contributed by atoms with Gasteiger partial charge in [-0.15, -0.1) is 35.3 Å². The number of rotatable bonds is 7. The molecule has 1 aliphatic rings. The van der Waals surface area contributed by atoms with E-state index in [9.17, 15) is 0 Å². The summed E-state index contributed by atoms with van der Waals surface area (Å²) >= 11 is 1.66. The Hall–Kier alpha value is -1.91. The predicted molar refractivity (Wildman–Crippen MR) is 138 cm³/mol. The van der Waals surface area contributed by atoms with Gasteiger partial charge >= 0.3 is 0 Å². The lowest BCUT2D eigenvalue weighted by Gasteiger charge is -2.33. The fraction of sp³-hybridized carbons (Fsp3) is 0.391. The zero-order valence-corrected chi connectivity index (χ0v) is 20.9. The molecule has 1 unspecified atom stereocenters. The number of piperidine rings is 1. The van der Waals surface area contributed by atoms with Gasteiger partial charge < -0.3 is 15.1 Å². The largest absolute Gasteiger partial charge is 0.468 e. The van der Waals surface area contributed by atoms with Crippen LogP contribution in [-0.2, 0) is 6.54 Å². The summed E-state index contributed by atoms with van der Waals surface area (Å²) in [7, 11) is 1.80. The summed E-state index contributed by atoms with van der Waals surface area (Å²) in [5, 5.41) is 10.0. The van der Waals surface area contributed by atoms with Crippen LogP contribution in [0.15, 0.2) is 63.5 Å². The van der Waals surface area contributed by atoms with Gasteiger partial charge in [-0.05, 0) is 38.1 Å². The van der Waals surface area contributed by atoms with Gasteiger partial charge in [0.25, 0.3) is 0 Å². The Morgan fingerprint density at radius 3 is 2.65 bits per heavy atom. The fourth-order valence-electron chi connectivity index (χ4n) is 3.83. The lowest BCUT2D eigenvalue weighted by atomic mass is 10.1. The summed E-state index contributed by atoms with van der Waals surface area (Å²) in [4.78, 5) is 11.6. The van der Waals surface area contributed by atoms with Crippen molar-refractivity contribution in [3.8, 4) is 11.3 Å². The predicted octanol–water partition coefficient (Wildman–Crippen LogP) is 4.91. The average molecular weight is 551 g/mol. The van der Waals surface area contributed by atoms with Crippen LogP contribution in [0, 0.1) is 0 Å². The molecule has 4 rings (SSSR count). The molecule has 2 aromatic heterocycles. The normalized spacial score (nSPS) is 15.8. The summed E-state index contributed by atoms with van der Waals surface area (Å²) in [6.45, 7) is 3.62. The highest BCUT2D eigenvalue weighted by Crippen LogP contribution is 2.24. The van der Waals surface area contributed by atoms with Crippen molar-refractivity contribution in [1.82, 2.24) is 20.5 Å². The van der Waals surface area contributed by atoms with Crippen LogP contribution >= 0.6 is 35.3 Å². The van der Waals surface area contributed by atoms with Gasteiger partial charge in [-0.25, -0.2) is 4.98 Å². The van der Waals surface area contributed by atoms with Crippen molar-refractivity contribution in [1.29, 1.82) is 0 Å². The number of thiazole rings is 1. The molecule has 6 nitrogen and oxygen atoms in total. The number of likely N-dealkylation sites (tertiary alicyclic amines) is 1. The molecule has 3 heterocycles. The molecule has 8 heteroatoms. The maximum Gasteiger partial charge on any atom is 0.191 e. The SMILES string of the molecule is CN=C(NCc1nc(-c2ccccc2)cs1)NCC(c1ccco1)N1CCCCC1.I. The molecule has 1 aliphatic heterocycles. The van der Waals surface area contributed by atoms with Crippen LogP contribution in [-0.4, -0.2) is 42.5 Å². The van der Waals surface area contributed by atoms with Crippen molar-refractivity contribution >= 4 is 41.3 Å². The van der Waals surface area contributed by atoms with Crippen molar-refractivity contribution in [2.45, 2.75) is 31.8 Å². The quantitative estimate of drug-likeness (QED) is 0.248. The maximum atomic E-state index is 5.74. The molecular formula is C23H30IN5OS. The molecule has 3 aromatic rings. The van der Waals surface area contributed by atoms with Crippen molar-refractivity contribution in [2.24, 2.45) is 4.99 Å². The summed E-state index contributed by atoms with van der Waals surface area (Å²) in [5.74, 6) is 1.78. The topological polar surface area (TPSA) is 65.7 Å². The van der Waals surface area contributed by atoms with E-state index in [1.165, 1.54) is 19.3 Å². The minimum absolute atomic E-state index is 0. The van der Waals surface area contributed by atoms with Gasteiger partial charge in [-0.2, -0.15) is 0 Å². The number of nitrogens with one attached hydrogen (secondary N) is 2. The third kappa shape index (κ3) is 6.54. The molecule has 31 heavy (non-hydrogen) atoms. The third-order valence-electron chi connectivity index (χ3n) is 5.42. The molecule has 0 bridgehead atoms. The summed E-state index contributed by atoms with van der Waals surface area (Å²) < 4.78 is 5.74. The van der Waals surface area contributed by atoms with E-state index in [-0.39, 0.29) is 30.0 Å². The van der Waals surface area contributed by atoms with E-state index < -0.39 is 0 Å². The van der Waals surface area contributed by atoms with E-state index in [1.54, 1.807) is 24.6 Å². The van der Waals surface area contributed by atoms with Crippen LogP contribution in [0.25, 0.3) is 11.3 Å². The molecule has 0 radical (unpaired) electrons. The van der Waals surface area contributed by atoms with Gasteiger partial charge in [0.15, 0.2) is 5.96 Å². The van der Waals surface area contributed by atoms with Gasteiger partial charge in [0.05, 0.1) is 24.5 Å². The molecule has 0 saturated carbocycles. The standard InChI is InChI=1S/C23H29N5OS.HI/c1-24-23(26-16-22-27-19(17-30-22)18-9-4-2-5-10-18)25-15-20(21-11-8-14-29-21)28-12-6-3-7-13-28;/h2,4-5,8-11,14,17,20H,3,6-7,12-13,15-16H2,1H3,(H2,24,25,26);1H. The van der Waals surface area contributed by atoms with Crippen molar-refractivity contribution in [3.05, 3.63) is 64.9 Å². The highest BCUT2D eigenvalue weighted by molar-refractivity contribution is 14.0. The number of halogens is 1. The van der Waals surface area contributed by atoms with Crippen molar-refractivity contribution < 1.29 is 4.42 Å². The number of hydrogen-bond donors (Lipinski definition) is 2. The van der Waals surface area contributed by atoms with Crippen molar-refractivity contribution in [3.63, 3.8) is 0 Å². The van der Waals surface area contributed by atoms with Gasteiger partial charge in [0.1, 0.15) is 10.8 Å². The average Bonchev–Trinajstić information content (AvgIpc) is 3.50. The first-order valence-electron chi connectivity index (χ1n) is 10.6. The number of furan rings is 1. The zero-order valence-electron chi connectivity index (χ0n) is 17.8. The second-order valence-corrected chi connectivity index (χ2v) is 8.37. The summed E-state index contributed by atoms with van der Waals surface area (Å²) in [5.41, 5.74) is 2.16. The van der Waals surface area contributed by atoms with Crippen LogP contribution in [0.3, 0.4) is 0 Å². The Morgan fingerprint density at radius 1 is 1.13 bits per heavy atom. The molecule has 2 N–H and O–H groups in total. The molecular weight excluding hydrogens is 521 g/mol. The Morgan fingerprint density at radius 2 is 1.94 bits per heavy atom. The first-order chi connectivity index (χ1) is 14.8. The highest BCUT2D eigenvalue weighted by atomic mass is 127. The summed E-state index contributed by atoms with van der Waals surface area (Å²) in [6.07, 6.45) is 5.57. The highest BCUT2D eigenvalue weighted by Gasteiger charge is 2.24. The molecule has 1 fully saturated rings. The van der Waals surface area contributed by atoms with Crippen LogP contribution in [0.1, 0.15) is 36.1 Å².